The van der Waals surface area contributed by atoms with Crippen LogP contribution in [0.5, 0.6) is 0 Å². The van der Waals surface area contributed by atoms with Crippen LogP contribution in [0.3, 0.4) is 0 Å². The number of ketones is 1. The lowest BCUT2D eigenvalue weighted by molar-refractivity contribution is -0.138. The molecule has 0 amide bonds. The van der Waals surface area contributed by atoms with Crippen molar-refractivity contribution in [2.45, 2.75) is 76.5 Å². The van der Waals surface area contributed by atoms with Crippen molar-refractivity contribution < 1.29 is 4.79 Å². The lowest BCUT2D eigenvalue weighted by atomic mass is 9.45. The highest BCUT2D eigenvalue weighted by Gasteiger charge is 2.62. The van der Waals surface area contributed by atoms with E-state index in [9.17, 15) is 4.79 Å². The molecular formula is C19H29BrO. The highest BCUT2D eigenvalue weighted by Crippen LogP contribution is 2.66. The molecule has 7 atom stereocenters. The van der Waals surface area contributed by atoms with E-state index in [0.717, 1.165) is 30.6 Å². The van der Waals surface area contributed by atoms with Gasteiger partial charge >= 0.3 is 0 Å². The molecule has 1 unspecified atom stereocenters. The maximum absolute atomic E-state index is 12.5. The molecule has 0 N–H and O–H groups in total. The van der Waals surface area contributed by atoms with Gasteiger partial charge in [-0.25, -0.2) is 0 Å². The fourth-order valence-electron chi connectivity index (χ4n) is 7.07. The van der Waals surface area contributed by atoms with E-state index in [1.54, 1.807) is 0 Å². The predicted molar refractivity (Wildman–Crippen MR) is 89.4 cm³/mol. The van der Waals surface area contributed by atoms with Gasteiger partial charge in [-0.2, -0.15) is 0 Å². The number of fused-ring (bicyclic) bond motifs is 5. The summed E-state index contributed by atoms with van der Waals surface area (Å²) in [5.74, 6) is 3.83. The molecule has 1 nitrogen and oxygen atoms in total. The molecule has 4 aliphatic carbocycles. The molecule has 0 heterocycles. The first-order valence-corrected chi connectivity index (χ1v) is 10.1. The minimum Gasteiger partial charge on any atom is -0.299 e. The molecule has 0 saturated heterocycles. The van der Waals surface area contributed by atoms with Gasteiger partial charge in [-0.05, 0) is 67.6 Å². The van der Waals surface area contributed by atoms with E-state index in [1.807, 2.05) is 0 Å². The molecule has 0 aromatic heterocycles. The third-order valence-corrected chi connectivity index (χ3v) is 9.14. The van der Waals surface area contributed by atoms with E-state index >= 15 is 0 Å². The Labute approximate surface area is 137 Å². The molecule has 4 aliphatic rings. The van der Waals surface area contributed by atoms with Crippen molar-refractivity contribution in [3.8, 4) is 0 Å². The van der Waals surface area contributed by atoms with Crippen LogP contribution in [-0.4, -0.2) is 10.6 Å². The summed E-state index contributed by atoms with van der Waals surface area (Å²) in [6.45, 7) is 4.89. The monoisotopic (exact) mass is 352 g/mol. The summed E-state index contributed by atoms with van der Waals surface area (Å²) in [4.78, 5) is 13.0. The Balaban J connectivity index is 1.69. The zero-order chi connectivity index (χ0) is 14.8. The Morgan fingerprint density at radius 3 is 2.67 bits per heavy atom. The van der Waals surface area contributed by atoms with E-state index in [0.29, 0.717) is 21.9 Å². The first-order valence-electron chi connectivity index (χ1n) is 9.14. The smallest absolute Gasteiger partial charge is 0.140 e. The number of carbonyl (C=O) groups is 1. The van der Waals surface area contributed by atoms with Crippen LogP contribution in [0.1, 0.15) is 71.6 Å². The molecule has 0 aromatic rings. The molecular weight excluding hydrogens is 324 g/mol. The van der Waals surface area contributed by atoms with Gasteiger partial charge in [-0.1, -0.05) is 42.6 Å². The van der Waals surface area contributed by atoms with E-state index < -0.39 is 0 Å². The second kappa shape index (κ2) is 4.82. The van der Waals surface area contributed by atoms with Crippen molar-refractivity contribution in [3.63, 3.8) is 0 Å². The zero-order valence-electron chi connectivity index (χ0n) is 13.5. The molecule has 4 rings (SSSR count). The number of hydrogen-bond donors (Lipinski definition) is 0. The summed E-state index contributed by atoms with van der Waals surface area (Å²) in [6.07, 6.45) is 11.9. The first kappa shape index (κ1) is 14.7. The molecule has 4 saturated carbocycles. The molecule has 0 radical (unpaired) electrons. The van der Waals surface area contributed by atoms with Crippen molar-refractivity contribution in [2.24, 2.45) is 34.5 Å². The number of Topliss-reactive ketones (excluding diaryl/α,β-unsaturated/α-hetero) is 1. The zero-order valence-corrected chi connectivity index (χ0v) is 15.1. The number of carbonyl (C=O) groups excluding carboxylic acids is 1. The van der Waals surface area contributed by atoms with E-state index in [2.05, 4.69) is 29.8 Å². The summed E-state index contributed by atoms with van der Waals surface area (Å²) in [6, 6.07) is 0. The third-order valence-electron chi connectivity index (χ3n) is 8.24. The van der Waals surface area contributed by atoms with Crippen molar-refractivity contribution >= 4 is 21.7 Å². The highest BCUT2D eigenvalue weighted by molar-refractivity contribution is 9.09. The Morgan fingerprint density at radius 1 is 1.05 bits per heavy atom. The summed E-state index contributed by atoms with van der Waals surface area (Å²) in [5.41, 5.74) is 0.577. The van der Waals surface area contributed by atoms with Gasteiger partial charge in [0.05, 0.1) is 0 Å². The van der Waals surface area contributed by atoms with Crippen molar-refractivity contribution in [3.05, 3.63) is 0 Å². The highest BCUT2D eigenvalue weighted by atomic mass is 79.9. The Morgan fingerprint density at radius 2 is 1.86 bits per heavy atom. The molecule has 0 bridgehead atoms. The first-order chi connectivity index (χ1) is 9.97. The van der Waals surface area contributed by atoms with Crippen LogP contribution in [0.4, 0.5) is 0 Å². The summed E-state index contributed by atoms with van der Waals surface area (Å²) < 4.78 is 0. The Hall–Kier alpha value is 0.150. The van der Waals surface area contributed by atoms with Gasteiger partial charge in [0, 0.05) is 16.7 Å². The maximum atomic E-state index is 12.5. The Kier molecular flexibility index (Phi) is 3.38. The number of hydrogen-bond acceptors (Lipinski definition) is 1. The number of alkyl halides is 1. The molecule has 0 aliphatic heterocycles. The largest absolute Gasteiger partial charge is 0.299 e. The van der Waals surface area contributed by atoms with Crippen molar-refractivity contribution in [1.82, 2.24) is 0 Å². The quantitative estimate of drug-likeness (QED) is 0.536. The molecule has 118 valence electrons. The predicted octanol–water partition coefficient (Wildman–Crippen LogP) is 5.36. The van der Waals surface area contributed by atoms with Gasteiger partial charge in [-0.3, -0.25) is 4.79 Å². The minimum atomic E-state index is -0.00675. The van der Waals surface area contributed by atoms with Crippen molar-refractivity contribution in [1.29, 1.82) is 0 Å². The van der Waals surface area contributed by atoms with Crippen LogP contribution in [0.25, 0.3) is 0 Å². The van der Waals surface area contributed by atoms with Gasteiger partial charge in [0.25, 0.3) is 0 Å². The van der Waals surface area contributed by atoms with E-state index in [4.69, 9.17) is 0 Å². The van der Waals surface area contributed by atoms with Crippen LogP contribution in [0.2, 0.25) is 0 Å². The number of halogens is 1. The fraction of sp³-hybridized carbons (Fsp3) is 0.947. The summed E-state index contributed by atoms with van der Waals surface area (Å²) in [5, 5.41) is 0. The molecule has 21 heavy (non-hydrogen) atoms. The molecule has 4 fully saturated rings. The van der Waals surface area contributed by atoms with E-state index in [-0.39, 0.29) is 5.41 Å². The van der Waals surface area contributed by atoms with Gasteiger partial charge < -0.3 is 0 Å². The third kappa shape index (κ3) is 1.90. The van der Waals surface area contributed by atoms with Crippen LogP contribution in [0, 0.1) is 34.5 Å². The summed E-state index contributed by atoms with van der Waals surface area (Å²) in [7, 11) is 0. The fourth-order valence-corrected chi connectivity index (χ4v) is 8.34. The second-order valence-corrected chi connectivity index (χ2v) is 10.1. The average molecular weight is 353 g/mol. The lowest BCUT2D eigenvalue weighted by Crippen LogP contribution is -2.53. The Bertz CT molecular complexity index is 460. The van der Waals surface area contributed by atoms with Crippen LogP contribution >= 0.6 is 15.9 Å². The van der Waals surface area contributed by atoms with E-state index in [1.165, 1.54) is 44.9 Å². The molecule has 0 aromatic carbocycles. The SMILES string of the molecule is C[C@]12CCCC[C@@H]1CC[C@@H]1[C@@H]2CC[C@]2(C)C(=O)CC(Br)[C@@H]12. The maximum Gasteiger partial charge on any atom is 0.140 e. The lowest BCUT2D eigenvalue weighted by Gasteiger charge is -2.60. The normalized spacial score (nSPS) is 56.5. The van der Waals surface area contributed by atoms with Gasteiger partial charge in [0.1, 0.15) is 5.78 Å². The van der Waals surface area contributed by atoms with Crippen LogP contribution < -0.4 is 0 Å². The molecule has 2 heteroatoms. The standard InChI is InChI=1S/C19H29BrO/c1-18-9-4-3-5-12(18)6-7-13-14(18)8-10-19(2)16(21)11-15(20)17(13)19/h12-15,17H,3-11H2,1-2H3/t12-,13-,14+,15?,17-,18+,19-/m1/s1. The topological polar surface area (TPSA) is 17.1 Å². The number of rotatable bonds is 0. The van der Waals surface area contributed by atoms with Gasteiger partial charge in [-0.15, -0.1) is 0 Å². The van der Waals surface area contributed by atoms with Crippen molar-refractivity contribution in [2.75, 3.05) is 0 Å². The molecule has 0 spiro atoms. The van der Waals surface area contributed by atoms with Crippen LogP contribution in [-0.2, 0) is 4.79 Å². The van der Waals surface area contributed by atoms with Crippen LogP contribution in [0.15, 0.2) is 0 Å². The second-order valence-electron chi connectivity index (χ2n) is 8.92. The minimum absolute atomic E-state index is 0.00675. The summed E-state index contributed by atoms with van der Waals surface area (Å²) >= 11 is 3.90. The van der Waals surface area contributed by atoms with Gasteiger partial charge in [0.2, 0.25) is 0 Å². The van der Waals surface area contributed by atoms with Gasteiger partial charge in [0.15, 0.2) is 0 Å². The average Bonchev–Trinajstić information content (AvgIpc) is 2.68.